The Balaban J connectivity index is 1.82. The van der Waals surface area contributed by atoms with Crippen molar-refractivity contribution in [2.45, 2.75) is 38.6 Å². The third-order valence-corrected chi connectivity index (χ3v) is 3.65. The molecule has 0 saturated heterocycles. The number of methoxy groups -OCH3 is 1. The van der Waals surface area contributed by atoms with Crippen LogP contribution >= 0.6 is 0 Å². The Kier molecular flexibility index (Phi) is 3.69. The van der Waals surface area contributed by atoms with Crippen molar-refractivity contribution in [3.63, 3.8) is 0 Å². The van der Waals surface area contributed by atoms with Gasteiger partial charge >= 0.3 is 0 Å². The van der Waals surface area contributed by atoms with Gasteiger partial charge < -0.3 is 15.4 Å². The summed E-state index contributed by atoms with van der Waals surface area (Å²) in [4.78, 5) is 4.42. The van der Waals surface area contributed by atoms with Crippen LogP contribution in [0, 0.1) is 5.41 Å². The predicted molar refractivity (Wildman–Crippen MR) is 65.7 cm³/mol. The topological polar surface area (TPSA) is 45.6 Å². The zero-order chi connectivity index (χ0) is 11.4. The molecule has 2 N–H and O–H groups in total. The summed E-state index contributed by atoms with van der Waals surface area (Å²) in [6, 6.07) is 0.476. The highest BCUT2D eigenvalue weighted by molar-refractivity contribution is 5.81. The maximum Gasteiger partial charge on any atom is 0.191 e. The number of ether oxygens (including phenoxy) is 1. The van der Waals surface area contributed by atoms with Gasteiger partial charge in [-0.25, -0.2) is 0 Å². The molecular formula is C12H23N3O. The highest BCUT2D eigenvalue weighted by atomic mass is 16.5. The average Bonchev–Trinajstić information content (AvgIpc) is 2.86. The molecule has 0 aromatic heterocycles. The molecule has 1 aliphatic heterocycles. The van der Waals surface area contributed by atoms with Crippen LogP contribution in [0.3, 0.4) is 0 Å². The van der Waals surface area contributed by atoms with E-state index in [1.54, 1.807) is 7.11 Å². The molecule has 0 spiro atoms. The summed E-state index contributed by atoms with van der Waals surface area (Å²) < 4.78 is 5.37. The van der Waals surface area contributed by atoms with Crippen LogP contribution in [-0.2, 0) is 4.74 Å². The van der Waals surface area contributed by atoms with Gasteiger partial charge in [0, 0.05) is 25.1 Å². The van der Waals surface area contributed by atoms with Crippen LogP contribution in [0.2, 0.25) is 0 Å². The number of hydrogen-bond donors (Lipinski definition) is 2. The summed E-state index contributed by atoms with van der Waals surface area (Å²) in [5.41, 5.74) is 0.338. The van der Waals surface area contributed by atoms with Crippen molar-refractivity contribution in [3.8, 4) is 0 Å². The van der Waals surface area contributed by atoms with Crippen LogP contribution in [0.4, 0.5) is 0 Å². The largest absolute Gasteiger partial charge is 0.384 e. The summed E-state index contributed by atoms with van der Waals surface area (Å²) in [6.45, 7) is 4.89. The van der Waals surface area contributed by atoms with E-state index in [4.69, 9.17) is 4.74 Å². The first kappa shape index (κ1) is 11.7. The van der Waals surface area contributed by atoms with Crippen molar-refractivity contribution in [3.05, 3.63) is 0 Å². The molecule has 1 atom stereocenters. The Morgan fingerprint density at radius 1 is 1.50 bits per heavy atom. The number of rotatable bonds is 4. The van der Waals surface area contributed by atoms with E-state index in [-0.39, 0.29) is 0 Å². The third-order valence-electron chi connectivity index (χ3n) is 3.65. The molecule has 0 aromatic rings. The first-order valence-corrected chi connectivity index (χ1v) is 6.28. The summed E-state index contributed by atoms with van der Waals surface area (Å²) >= 11 is 0. The maximum absolute atomic E-state index is 5.37. The van der Waals surface area contributed by atoms with E-state index in [2.05, 4.69) is 22.5 Å². The van der Waals surface area contributed by atoms with Gasteiger partial charge in [-0.1, -0.05) is 12.8 Å². The fourth-order valence-electron chi connectivity index (χ4n) is 2.73. The number of guanidine groups is 1. The Labute approximate surface area is 97.9 Å². The standard InChI is InChI=1S/C12H23N3O/c1-10-7-13-11(15-10)14-8-12(9-16-2)5-3-4-6-12/h10H,3-9H2,1-2H3,(H2,13,14,15). The second-order valence-corrected chi connectivity index (χ2v) is 5.23. The summed E-state index contributed by atoms with van der Waals surface area (Å²) in [5, 5.41) is 6.77. The number of nitrogens with zero attached hydrogens (tertiary/aromatic N) is 1. The van der Waals surface area contributed by atoms with Gasteiger partial charge in [0.15, 0.2) is 5.96 Å². The minimum atomic E-state index is 0.338. The quantitative estimate of drug-likeness (QED) is 0.754. The predicted octanol–water partition coefficient (Wildman–Crippen LogP) is 1.13. The van der Waals surface area contributed by atoms with Crippen LogP contribution in [-0.4, -0.2) is 38.8 Å². The molecule has 1 unspecified atom stereocenters. The maximum atomic E-state index is 5.37. The van der Waals surface area contributed by atoms with Crippen molar-refractivity contribution >= 4 is 5.96 Å². The molecule has 1 aliphatic carbocycles. The number of hydrogen-bond acceptors (Lipinski definition) is 4. The first-order valence-electron chi connectivity index (χ1n) is 6.28. The Morgan fingerprint density at radius 2 is 2.25 bits per heavy atom. The lowest BCUT2D eigenvalue weighted by Crippen LogP contribution is -2.44. The fraction of sp³-hybridized carbons (Fsp3) is 0.917. The lowest BCUT2D eigenvalue weighted by molar-refractivity contribution is 0.0860. The average molecular weight is 225 g/mol. The minimum absolute atomic E-state index is 0.338. The number of aliphatic imine (C=N–C) groups is 1. The van der Waals surface area contributed by atoms with E-state index in [1.807, 2.05) is 0 Å². The Bertz CT molecular complexity index is 259. The molecule has 92 valence electrons. The second kappa shape index (κ2) is 5.04. The van der Waals surface area contributed by atoms with E-state index >= 15 is 0 Å². The van der Waals surface area contributed by atoms with Crippen LogP contribution in [0.25, 0.3) is 0 Å². The first-order chi connectivity index (χ1) is 7.74. The SMILES string of the molecule is COCC1(CNC2=NCC(C)N2)CCCC1. The van der Waals surface area contributed by atoms with Crippen molar-refractivity contribution in [1.82, 2.24) is 10.6 Å². The van der Waals surface area contributed by atoms with Crippen molar-refractivity contribution in [2.75, 3.05) is 26.8 Å². The monoisotopic (exact) mass is 225 g/mol. The zero-order valence-electron chi connectivity index (χ0n) is 10.4. The summed E-state index contributed by atoms with van der Waals surface area (Å²) in [6.07, 6.45) is 5.22. The third kappa shape index (κ3) is 2.67. The molecule has 1 heterocycles. The molecule has 0 radical (unpaired) electrons. The molecule has 2 aliphatic rings. The zero-order valence-corrected chi connectivity index (χ0v) is 10.4. The molecule has 1 fully saturated rings. The van der Waals surface area contributed by atoms with Crippen LogP contribution in [0.1, 0.15) is 32.6 Å². The highest BCUT2D eigenvalue weighted by Gasteiger charge is 2.34. The summed E-state index contributed by atoms with van der Waals surface area (Å²) in [5.74, 6) is 0.967. The van der Waals surface area contributed by atoms with Crippen LogP contribution in [0.5, 0.6) is 0 Å². The van der Waals surface area contributed by atoms with Crippen LogP contribution in [0.15, 0.2) is 4.99 Å². The molecule has 4 nitrogen and oxygen atoms in total. The Morgan fingerprint density at radius 3 is 2.81 bits per heavy atom. The van der Waals surface area contributed by atoms with Gasteiger partial charge in [0.25, 0.3) is 0 Å². The second-order valence-electron chi connectivity index (χ2n) is 5.23. The van der Waals surface area contributed by atoms with Gasteiger partial charge in [0.1, 0.15) is 0 Å². The Hall–Kier alpha value is -0.770. The lowest BCUT2D eigenvalue weighted by Gasteiger charge is -2.28. The molecule has 1 saturated carbocycles. The van der Waals surface area contributed by atoms with E-state index in [1.165, 1.54) is 25.7 Å². The van der Waals surface area contributed by atoms with E-state index in [0.29, 0.717) is 11.5 Å². The molecule has 2 rings (SSSR count). The van der Waals surface area contributed by atoms with E-state index in [9.17, 15) is 0 Å². The van der Waals surface area contributed by atoms with Gasteiger partial charge in [0.05, 0.1) is 13.2 Å². The molecule has 16 heavy (non-hydrogen) atoms. The lowest BCUT2D eigenvalue weighted by atomic mass is 9.87. The highest BCUT2D eigenvalue weighted by Crippen LogP contribution is 2.37. The normalized spacial score (nSPS) is 27.6. The molecule has 0 amide bonds. The van der Waals surface area contributed by atoms with Crippen molar-refractivity contribution in [2.24, 2.45) is 10.4 Å². The fourth-order valence-corrected chi connectivity index (χ4v) is 2.73. The smallest absolute Gasteiger partial charge is 0.191 e. The van der Waals surface area contributed by atoms with Gasteiger partial charge in [0.2, 0.25) is 0 Å². The van der Waals surface area contributed by atoms with Crippen LogP contribution < -0.4 is 10.6 Å². The molecular weight excluding hydrogens is 202 g/mol. The van der Waals surface area contributed by atoms with Crippen molar-refractivity contribution in [1.29, 1.82) is 0 Å². The molecule has 0 aromatic carbocycles. The minimum Gasteiger partial charge on any atom is -0.384 e. The van der Waals surface area contributed by atoms with E-state index in [0.717, 1.165) is 25.7 Å². The van der Waals surface area contributed by atoms with Gasteiger partial charge in [-0.2, -0.15) is 0 Å². The molecule has 4 heteroatoms. The molecule has 0 bridgehead atoms. The number of nitrogens with one attached hydrogen (secondary N) is 2. The van der Waals surface area contributed by atoms with Gasteiger partial charge in [-0.05, 0) is 19.8 Å². The van der Waals surface area contributed by atoms with Gasteiger partial charge in [-0.3, -0.25) is 4.99 Å². The van der Waals surface area contributed by atoms with E-state index < -0.39 is 0 Å². The van der Waals surface area contributed by atoms with Gasteiger partial charge in [-0.15, -0.1) is 0 Å². The summed E-state index contributed by atoms with van der Waals surface area (Å²) in [7, 11) is 1.80. The van der Waals surface area contributed by atoms with Crippen molar-refractivity contribution < 1.29 is 4.74 Å².